The molecule has 0 spiro atoms. The van der Waals surface area contributed by atoms with Gasteiger partial charge in [0.15, 0.2) is 17.5 Å². The zero-order chi connectivity index (χ0) is 44.5. The first-order valence-electron chi connectivity index (χ1n) is 22.8. The van der Waals surface area contributed by atoms with Crippen molar-refractivity contribution in [2.24, 2.45) is 0 Å². The van der Waals surface area contributed by atoms with Crippen molar-refractivity contribution in [1.82, 2.24) is 15.0 Å². The lowest BCUT2D eigenvalue weighted by molar-refractivity contribution is 1.08. The maximum Gasteiger partial charge on any atom is 0.164 e. The zero-order valence-electron chi connectivity index (χ0n) is 37.4. The molecule has 1 aromatic heterocycles. The second kappa shape index (κ2) is 15.9. The number of hydrogen-bond donors (Lipinski definition) is 0. The Morgan fingerprint density at radius 3 is 1.45 bits per heavy atom. The van der Waals surface area contributed by atoms with E-state index in [-0.39, 0.29) is 0 Å². The van der Waals surface area contributed by atoms with Crippen molar-refractivity contribution in [2.75, 3.05) is 0 Å². The molecular formula is C59H41B4N3. The van der Waals surface area contributed by atoms with Crippen LogP contribution in [0.3, 0.4) is 0 Å². The van der Waals surface area contributed by atoms with Gasteiger partial charge in [0.05, 0.1) is 0 Å². The van der Waals surface area contributed by atoms with Gasteiger partial charge in [-0.25, -0.2) is 15.0 Å². The Kier molecular flexibility index (Phi) is 9.53. The second-order valence-corrected chi connectivity index (χ2v) is 17.7. The van der Waals surface area contributed by atoms with Crippen LogP contribution in [0.5, 0.6) is 0 Å². The Hall–Kier alpha value is -8.01. The summed E-state index contributed by atoms with van der Waals surface area (Å²) in [6, 6.07) is 72.3. The van der Waals surface area contributed by atoms with E-state index in [0.717, 1.165) is 38.9 Å². The van der Waals surface area contributed by atoms with Crippen LogP contribution >= 0.6 is 0 Å². The predicted molar refractivity (Wildman–Crippen MR) is 293 cm³/mol. The first-order chi connectivity index (χ1) is 32.3. The largest absolute Gasteiger partial charge is 0.208 e. The molecule has 0 fully saturated rings. The number of benzene rings is 11. The van der Waals surface area contributed by atoms with Crippen molar-refractivity contribution in [3.63, 3.8) is 0 Å². The van der Waals surface area contributed by atoms with E-state index >= 15 is 0 Å². The first kappa shape index (κ1) is 39.6. The molecule has 0 atom stereocenters. The molecule has 0 saturated heterocycles. The molecule has 12 rings (SSSR count). The SMILES string of the molecule is Bc1c(B)c(B)c(-c2nc(-c3cccc(-c4ccc5cc(-c6cccc7ccccc67)ccc5c4)c3)nc(-c3ccc4ccc5ccccc5c4c3)n2)c(-c2ccc3ccccc3c2)c1B. The molecule has 7 heteroatoms. The standard InChI is InChI=1S/C59H41B4N3/c60-53-51(44-27-19-34-9-1-2-12-38(34)31-44)52(54(61)56(63)55(53)62)59-65-57(64-58(66-59)46-28-22-37-21-20-36-11-4-6-17-48(36)50(37)33-46)45-15-7-14-39(32-45)40-23-24-42-30-43(26-25-41(42)29-40)49-18-8-13-35-10-3-5-16-47(35)49/h1-33H,60-63H2. The van der Waals surface area contributed by atoms with E-state index in [2.05, 4.69) is 232 Å². The summed E-state index contributed by atoms with van der Waals surface area (Å²) in [6.07, 6.45) is 0. The summed E-state index contributed by atoms with van der Waals surface area (Å²) in [5.41, 5.74) is 14.8. The molecule has 0 aliphatic heterocycles. The summed E-state index contributed by atoms with van der Waals surface area (Å²) >= 11 is 0. The Morgan fingerprint density at radius 1 is 0.242 bits per heavy atom. The topological polar surface area (TPSA) is 38.7 Å². The molecule has 0 aliphatic rings. The Bertz CT molecular complexity index is 3950. The minimum absolute atomic E-state index is 0.634. The molecule has 0 aliphatic carbocycles. The van der Waals surface area contributed by atoms with Gasteiger partial charge in [0, 0.05) is 16.7 Å². The molecule has 0 bridgehead atoms. The van der Waals surface area contributed by atoms with Gasteiger partial charge < -0.3 is 0 Å². The molecule has 1 heterocycles. The fourth-order valence-electron chi connectivity index (χ4n) is 10.1. The molecule has 304 valence electrons. The maximum absolute atomic E-state index is 5.46. The van der Waals surface area contributed by atoms with Gasteiger partial charge in [-0.2, -0.15) is 0 Å². The van der Waals surface area contributed by atoms with E-state index in [1.807, 2.05) is 0 Å². The van der Waals surface area contributed by atoms with Crippen molar-refractivity contribution < 1.29 is 0 Å². The van der Waals surface area contributed by atoms with Crippen LogP contribution in [0, 0.1) is 0 Å². The molecule has 12 aromatic rings. The van der Waals surface area contributed by atoms with Gasteiger partial charge in [-0.15, -0.1) is 10.9 Å². The molecule has 0 radical (unpaired) electrons. The van der Waals surface area contributed by atoms with E-state index in [4.69, 9.17) is 15.0 Å². The number of aromatic nitrogens is 3. The Morgan fingerprint density at radius 2 is 0.682 bits per heavy atom. The third kappa shape index (κ3) is 6.78. The number of hydrogen-bond acceptors (Lipinski definition) is 3. The number of nitrogens with zero attached hydrogens (tertiary/aromatic N) is 3. The first-order valence-corrected chi connectivity index (χ1v) is 22.8. The molecule has 0 unspecified atom stereocenters. The van der Waals surface area contributed by atoms with E-state index < -0.39 is 0 Å². The van der Waals surface area contributed by atoms with Gasteiger partial charge >= 0.3 is 0 Å². The monoisotopic (exact) mass is 835 g/mol. The van der Waals surface area contributed by atoms with Crippen LogP contribution < -0.4 is 21.9 Å². The summed E-state index contributed by atoms with van der Waals surface area (Å²) < 4.78 is 0. The molecule has 11 aromatic carbocycles. The van der Waals surface area contributed by atoms with Crippen LogP contribution in [0.1, 0.15) is 0 Å². The average molecular weight is 835 g/mol. The van der Waals surface area contributed by atoms with Gasteiger partial charge in [-0.1, -0.05) is 181 Å². The van der Waals surface area contributed by atoms with E-state index in [0.29, 0.717) is 17.5 Å². The van der Waals surface area contributed by atoms with E-state index in [1.165, 1.54) is 86.8 Å². The van der Waals surface area contributed by atoms with Crippen molar-refractivity contribution in [1.29, 1.82) is 0 Å². The Balaban J connectivity index is 1.03. The zero-order valence-corrected chi connectivity index (χ0v) is 37.4. The predicted octanol–water partition coefficient (Wildman–Crippen LogP) is 8.67. The Labute approximate surface area is 387 Å². The normalized spacial score (nSPS) is 11.6. The molecule has 0 N–H and O–H groups in total. The summed E-state index contributed by atoms with van der Waals surface area (Å²) in [7, 11) is 8.92. The minimum atomic E-state index is 0.634. The molecule has 66 heavy (non-hydrogen) atoms. The highest BCUT2D eigenvalue weighted by molar-refractivity contribution is 6.65. The molecule has 0 amide bonds. The van der Waals surface area contributed by atoms with Crippen molar-refractivity contribution in [3.8, 4) is 67.5 Å². The third-order valence-electron chi connectivity index (χ3n) is 14.0. The van der Waals surface area contributed by atoms with Gasteiger partial charge in [0.25, 0.3) is 0 Å². The van der Waals surface area contributed by atoms with E-state index in [1.54, 1.807) is 0 Å². The minimum Gasteiger partial charge on any atom is -0.208 e. The quantitative estimate of drug-likeness (QED) is 0.124. The average Bonchev–Trinajstić information content (AvgIpc) is 3.38. The van der Waals surface area contributed by atoms with Crippen LogP contribution in [-0.2, 0) is 0 Å². The lowest BCUT2D eigenvalue weighted by Gasteiger charge is -2.22. The molecular weight excluding hydrogens is 794 g/mol. The fraction of sp³-hybridized carbons (Fsp3) is 0. The van der Waals surface area contributed by atoms with Crippen molar-refractivity contribution in [3.05, 3.63) is 200 Å². The lowest BCUT2D eigenvalue weighted by Crippen LogP contribution is -2.49. The highest BCUT2D eigenvalue weighted by atomic mass is 15.0. The van der Waals surface area contributed by atoms with Crippen LogP contribution in [0.25, 0.3) is 121 Å². The fourth-order valence-corrected chi connectivity index (χ4v) is 10.1. The highest BCUT2D eigenvalue weighted by Gasteiger charge is 2.22. The van der Waals surface area contributed by atoms with Gasteiger partial charge in [-0.05, 0) is 118 Å². The smallest absolute Gasteiger partial charge is 0.164 e. The summed E-state index contributed by atoms with van der Waals surface area (Å²) in [5, 5.41) is 12.1. The third-order valence-corrected chi connectivity index (χ3v) is 14.0. The van der Waals surface area contributed by atoms with Crippen LogP contribution in [0.2, 0.25) is 0 Å². The highest BCUT2D eigenvalue weighted by Crippen LogP contribution is 2.36. The molecule has 3 nitrogen and oxygen atoms in total. The second-order valence-electron chi connectivity index (χ2n) is 17.7. The van der Waals surface area contributed by atoms with Crippen LogP contribution in [0.4, 0.5) is 0 Å². The van der Waals surface area contributed by atoms with Gasteiger partial charge in [0.1, 0.15) is 31.4 Å². The van der Waals surface area contributed by atoms with Crippen molar-refractivity contribution >= 4 is 107 Å². The van der Waals surface area contributed by atoms with Crippen LogP contribution in [-0.4, -0.2) is 46.3 Å². The van der Waals surface area contributed by atoms with Crippen molar-refractivity contribution in [2.45, 2.75) is 0 Å². The lowest BCUT2D eigenvalue weighted by atomic mass is 9.62. The maximum atomic E-state index is 5.46. The summed E-state index contributed by atoms with van der Waals surface area (Å²) in [4.78, 5) is 16.2. The summed E-state index contributed by atoms with van der Waals surface area (Å²) in [6.45, 7) is 0. The van der Waals surface area contributed by atoms with Crippen LogP contribution in [0.15, 0.2) is 200 Å². The van der Waals surface area contributed by atoms with Gasteiger partial charge in [0.2, 0.25) is 0 Å². The summed E-state index contributed by atoms with van der Waals surface area (Å²) in [5.74, 6) is 1.94. The van der Waals surface area contributed by atoms with Gasteiger partial charge in [-0.3, -0.25) is 0 Å². The van der Waals surface area contributed by atoms with E-state index in [9.17, 15) is 0 Å². The molecule has 0 saturated carbocycles. The number of fused-ring (bicyclic) bond motifs is 6. The number of rotatable bonds is 6.